The Morgan fingerprint density at radius 3 is 0.887 bits per heavy atom. The third-order valence-electron chi connectivity index (χ3n) is 14.8. The molecule has 0 unspecified atom stereocenters. The van der Waals surface area contributed by atoms with Crippen LogP contribution in [0.1, 0.15) is 149 Å². The van der Waals surface area contributed by atoms with Gasteiger partial charge in [-0.3, -0.25) is 0 Å². The summed E-state index contributed by atoms with van der Waals surface area (Å²) in [6.45, 7) is 23.3. The van der Waals surface area contributed by atoms with Crippen LogP contribution in [-0.2, 0) is 63.0 Å². The molecule has 0 saturated carbocycles. The Labute approximate surface area is 505 Å². The molecule has 8 aromatic rings. The molecule has 0 saturated heterocycles. The standard InChI is InChI=1S/C43H53O4.C27H26P2.CH2Cl2.Pt/c1-24(2)25-12-26-14-28-18-34(41(3,4)5)20-30(38(28)45)16-32-22-36(43(9,10)11)23-33(40(32)47)17-31-21-35(42(6,7)8)19-29(39(31)46)15-27(13-25)37(26)44;1-5-14-24(15-6-1)28(25-16-7-2-8-17-25)22-13-23-29(26-18-9-3-10-19-26)27-20-11-4-12-21-27;2-1-3;/h12-13,18-23,44-47H,14-17H2,1-11H3;1-12,14-21H,13,22-23H2;1H2;/q-1;;;/p-2. The number of aromatic hydroxyl groups is 2. The van der Waals surface area contributed by atoms with Gasteiger partial charge in [-0.2, -0.15) is 23.6 Å². The third kappa shape index (κ3) is 16.6. The molecule has 0 fully saturated rings. The van der Waals surface area contributed by atoms with Crippen molar-refractivity contribution >= 4 is 60.3 Å². The zero-order chi connectivity index (χ0) is 57.2. The molecule has 0 aromatic heterocycles. The fourth-order valence-electron chi connectivity index (χ4n) is 10.1. The molecular weight excluding hydrogens is 1240 g/mol. The summed E-state index contributed by atoms with van der Waals surface area (Å²) in [5, 5.41) is 58.2. The number of hydrogen-bond acceptors (Lipinski definition) is 4. The Hall–Kier alpha value is -5.04. The monoisotopic (exact) mass is 1320 g/mol. The van der Waals surface area contributed by atoms with E-state index in [0.717, 1.165) is 28.2 Å². The molecule has 8 aromatic carbocycles. The molecule has 0 aliphatic heterocycles. The van der Waals surface area contributed by atoms with Gasteiger partial charge in [-0.1, -0.05) is 267 Å². The van der Waals surface area contributed by atoms with Crippen LogP contribution in [0.25, 0.3) is 0 Å². The van der Waals surface area contributed by atoms with Crippen molar-refractivity contribution in [1.82, 2.24) is 0 Å². The van der Waals surface area contributed by atoms with Gasteiger partial charge in [-0.15, -0.1) is 34.7 Å². The summed E-state index contributed by atoms with van der Waals surface area (Å²) in [6.07, 6.45) is 4.75. The van der Waals surface area contributed by atoms with E-state index in [2.05, 4.69) is 184 Å². The van der Waals surface area contributed by atoms with Crippen molar-refractivity contribution in [3.63, 3.8) is 0 Å². The fraction of sp³-hybridized carbons (Fsp3) is 0.310. The van der Waals surface area contributed by atoms with E-state index in [1.807, 2.05) is 62.4 Å². The average Bonchev–Trinajstić information content (AvgIpc) is 3.44. The van der Waals surface area contributed by atoms with Crippen LogP contribution in [0.15, 0.2) is 170 Å². The maximum Gasteiger partial charge on any atom is 0.122 e. The van der Waals surface area contributed by atoms with Gasteiger partial charge in [0.1, 0.15) is 5.75 Å². The SMILES string of the molecule is C[C-](C)c1cc2c(O)c(c1)Cc1cc(C(C)(C)C)cc(c1O)Cc1cc(C(C)(C)C)cc(c1[O-])Cc1cc(C(C)(C)C)cc(c1[O-])C2.ClCCl.[Pt].c1ccc(P(CCCP(c2ccccc2)c2ccccc2)c2ccccc2)cc1. The van der Waals surface area contributed by atoms with Crippen molar-refractivity contribution in [2.24, 2.45) is 0 Å². The zero-order valence-electron chi connectivity index (χ0n) is 48.5. The zero-order valence-corrected chi connectivity index (χ0v) is 54.1. The number of hydrogen-bond donors (Lipinski definition) is 2. The fourth-order valence-corrected chi connectivity index (χ4v) is 15.1. The quantitative estimate of drug-likeness (QED) is 0.0856. The van der Waals surface area contributed by atoms with Crippen LogP contribution in [0, 0.1) is 5.92 Å². The second-order valence-corrected chi connectivity index (χ2v) is 29.6. The van der Waals surface area contributed by atoms with E-state index in [1.54, 1.807) is 0 Å². The average molecular weight is 1320 g/mol. The second kappa shape index (κ2) is 28.3. The number of rotatable bonds is 9. The minimum Gasteiger partial charge on any atom is -0.872 e. The topological polar surface area (TPSA) is 86.6 Å². The van der Waals surface area contributed by atoms with Gasteiger partial charge in [-0.25, -0.2) is 0 Å². The Morgan fingerprint density at radius 1 is 0.412 bits per heavy atom. The first-order valence-electron chi connectivity index (χ1n) is 27.5. The van der Waals surface area contributed by atoms with Gasteiger partial charge in [0.25, 0.3) is 0 Å². The van der Waals surface area contributed by atoms with E-state index in [1.165, 1.54) is 40.0 Å². The van der Waals surface area contributed by atoms with Gasteiger partial charge in [0.15, 0.2) is 0 Å². The number of benzene rings is 8. The summed E-state index contributed by atoms with van der Waals surface area (Å²) in [4.78, 5) is 0. The minimum atomic E-state index is -0.309. The molecule has 1 aliphatic carbocycles. The third-order valence-corrected chi connectivity index (χ3v) is 20.0. The van der Waals surface area contributed by atoms with Gasteiger partial charge >= 0.3 is 0 Å². The molecule has 0 amide bonds. The summed E-state index contributed by atoms with van der Waals surface area (Å²) in [5.41, 5.74) is 8.54. The van der Waals surface area contributed by atoms with E-state index in [-0.39, 0.29) is 101 Å². The minimum absolute atomic E-state index is 0. The van der Waals surface area contributed by atoms with Crippen LogP contribution in [-0.4, -0.2) is 27.9 Å². The Bertz CT molecular complexity index is 3000. The van der Waals surface area contributed by atoms with Crippen molar-refractivity contribution in [2.45, 2.75) is 125 Å². The smallest absolute Gasteiger partial charge is 0.122 e. The summed E-state index contributed by atoms with van der Waals surface area (Å²) >= 11 is 9.53. The normalized spacial score (nSPS) is 12.4. The number of alkyl halides is 2. The molecule has 4 nitrogen and oxygen atoms in total. The molecule has 1 aliphatic rings. The molecule has 2 N–H and O–H groups in total. The summed E-state index contributed by atoms with van der Waals surface area (Å²) in [5.74, 6) is 1.22. The Kier molecular flexibility index (Phi) is 22.7. The summed E-state index contributed by atoms with van der Waals surface area (Å²) in [7, 11) is -0.618. The van der Waals surface area contributed by atoms with Crippen LogP contribution in [0.3, 0.4) is 0 Å². The van der Waals surface area contributed by atoms with Gasteiger partial charge in [0.05, 0.1) is 11.1 Å². The van der Waals surface area contributed by atoms with Crippen molar-refractivity contribution in [3.8, 4) is 23.0 Å². The van der Waals surface area contributed by atoms with E-state index >= 15 is 0 Å². The molecule has 0 spiro atoms. The van der Waals surface area contributed by atoms with E-state index in [9.17, 15) is 20.4 Å². The van der Waals surface area contributed by atoms with E-state index in [0.29, 0.717) is 50.9 Å². The molecule has 8 bridgehead atoms. The van der Waals surface area contributed by atoms with Crippen LogP contribution >= 0.6 is 39.0 Å². The van der Waals surface area contributed by atoms with E-state index < -0.39 is 0 Å². The number of halogens is 2. The molecule has 0 heterocycles. The molecule has 0 atom stereocenters. The Balaban J connectivity index is 0.000000267. The molecule has 9 heteroatoms. The van der Waals surface area contributed by atoms with Gasteiger partial charge in [0, 0.05) is 27.5 Å². The predicted octanol–water partition coefficient (Wildman–Crippen LogP) is 15.8. The molecule has 9 rings (SSSR count). The molecule has 424 valence electrons. The van der Waals surface area contributed by atoms with Gasteiger partial charge < -0.3 is 20.4 Å². The number of phenols is 2. The van der Waals surface area contributed by atoms with Crippen molar-refractivity contribution in [3.05, 3.63) is 243 Å². The predicted molar refractivity (Wildman–Crippen MR) is 338 cm³/mol. The van der Waals surface area contributed by atoms with Crippen LogP contribution < -0.4 is 31.4 Å². The maximum absolute atomic E-state index is 14.3. The van der Waals surface area contributed by atoms with Gasteiger partial charge in [-0.05, 0) is 119 Å². The number of phenolic OH excluding ortho intramolecular Hbond substituents is 2. The van der Waals surface area contributed by atoms with Gasteiger partial charge in [0.2, 0.25) is 0 Å². The first kappa shape index (κ1) is 64.1. The molecule has 80 heavy (non-hydrogen) atoms. The molecular formula is C71H79Cl2O4P2Pt-3. The van der Waals surface area contributed by atoms with Crippen LogP contribution in [0.2, 0.25) is 0 Å². The van der Waals surface area contributed by atoms with Crippen molar-refractivity contribution < 1.29 is 41.5 Å². The summed E-state index contributed by atoms with van der Waals surface area (Å²) < 4.78 is 0. The molecule has 0 radical (unpaired) electrons. The second-order valence-electron chi connectivity index (χ2n) is 24.1. The van der Waals surface area contributed by atoms with Crippen LogP contribution in [0.4, 0.5) is 0 Å². The largest absolute Gasteiger partial charge is 0.872 e. The van der Waals surface area contributed by atoms with Crippen LogP contribution in [0.5, 0.6) is 23.0 Å². The first-order chi connectivity index (χ1) is 37.5. The first-order valence-corrected chi connectivity index (χ1v) is 31.6. The maximum atomic E-state index is 14.3. The number of fused-ring (bicyclic) bond motifs is 8. The van der Waals surface area contributed by atoms with Crippen molar-refractivity contribution in [1.29, 1.82) is 0 Å². The summed E-state index contributed by atoms with van der Waals surface area (Å²) in [6, 6.07) is 60.2. The van der Waals surface area contributed by atoms with E-state index in [4.69, 9.17) is 23.2 Å². The van der Waals surface area contributed by atoms with Crippen molar-refractivity contribution in [2.75, 3.05) is 17.7 Å². The Morgan fingerprint density at radius 2 is 0.637 bits per heavy atom.